The molecule has 0 aromatic carbocycles. The van der Waals surface area contributed by atoms with Gasteiger partial charge in [-0.2, -0.15) is 0 Å². The molecule has 0 spiro atoms. The van der Waals surface area contributed by atoms with Gasteiger partial charge in [0.2, 0.25) is 0 Å². The lowest BCUT2D eigenvalue weighted by atomic mass is 10.3. The van der Waals surface area contributed by atoms with Gasteiger partial charge < -0.3 is 10.2 Å². The third kappa shape index (κ3) is 22.4. The van der Waals surface area contributed by atoms with Gasteiger partial charge >= 0.3 is 11.9 Å². The Balaban J connectivity index is 0. The minimum atomic E-state index is -1.26. The third-order valence-corrected chi connectivity index (χ3v) is 1.13. The van der Waals surface area contributed by atoms with Gasteiger partial charge in [-0.1, -0.05) is 25.8 Å². The molecule has 0 fully saturated rings. The summed E-state index contributed by atoms with van der Waals surface area (Å²) < 4.78 is 0. The van der Waals surface area contributed by atoms with Crippen molar-refractivity contribution in [3.63, 3.8) is 0 Å². The maximum Gasteiger partial charge on any atom is 0.328 e. The zero-order valence-corrected chi connectivity index (χ0v) is 8.27. The van der Waals surface area contributed by atoms with Crippen molar-refractivity contribution >= 4 is 11.9 Å². The molecule has 0 aliphatic carbocycles. The normalized spacial score (nSPS) is 8.93. The maximum atomic E-state index is 9.55. The summed E-state index contributed by atoms with van der Waals surface area (Å²) in [5.74, 6) is -2.51. The molecule has 0 bridgehead atoms. The van der Waals surface area contributed by atoms with Crippen molar-refractivity contribution in [1.82, 2.24) is 0 Å². The number of hydrogen-bond acceptors (Lipinski definition) is 2. The highest BCUT2D eigenvalue weighted by molar-refractivity contribution is 5.89. The molecule has 2 N–H and O–H groups in total. The van der Waals surface area contributed by atoms with Crippen LogP contribution in [-0.4, -0.2) is 22.2 Å². The van der Waals surface area contributed by atoms with Crippen LogP contribution in [0.3, 0.4) is 0 Å². The molecule has 80 valence electrons. The Morgan fingerprint density at radius 3 is 1.79 bits per heavy atom. The minimum absolute atomic E-state index is 0.558. The van der Waals surface area contributed by atoms with Crippen LogP contribution in [0.25, 0.3) is 0 Å². The first-order valence-corrected chi connectivity index (χ1v) is 4.29. The van der Waals surface area contributed by atoms with E-state index < -0.39 is 11.9 Å². The molecule has 0 saturated carbocycles. The Morgan fingerprint density at radius 2 is 1.64 bits per heavy atom. The summed E-state index contributed by atoms with van der Waals surface area (Å²) in [7, 11) is 0. The summed E-state index contributed by atoms with van der Waals surface area (Å²) >= 11 is 0. The number of carbonyl (C=O) groups is 2. The molecule has 14 heavy (non-hydrogen) atoms. The number of aliphatic carboxylic acids is 2. The van der Waals surface area contributed by atoms with E-state index in [-0.39, 0.29) is 0 Å². The van der Waals surface area contributed by atoms with E-state index in [0.717, 1.165) is 0 Å². The number of carboxylic acid groups (broad SMARTS) is 2. The van der Waals surface area contributed by atoms with Gasteiger partial charge in [0.25, 0.3) is 0 Å². The van der Waals surface area contributed by atoms with Crippen molar-refractivity contribution in [3.05, 3.63) is 24.8 Å². The van der Waals surface area contributed by atoms with Gasteiger partial charge in [-0.25, -0.2) is 9.59 Å². The first kappa shape index (κ1) is 14.9. The molecule has 0 atom stereocenters. The van der Waals surface area contributed by atoms with E-state index in [9.17, 15) is 9.59 Å². The van der Waals surface area contributed by atoms with Crippen molar-refractivity contribution < 1.29 is 19.8 Å². The van der Waals surface area contributed by atoms with E-state index in [1.165, 1.54) is 19.3 Å². The van der Waals surface area contributed by atoms with E-state index in [2.05, 4.69) is 13.5 Å². The predicted molar refractivity (Wildman–Crippen MR) is 54.1 cm³/mol. The monoisotopic (exact) mass is 200 g/mol. The number of allylic oxidation sites excluding steroid dienone is 1. The fourth-order valence-electron chi connectivity index (χ4n) is 0.491. The second-order valence-corrected chi connectivity index (χ2v) is 2.44. The average molecular weight is 200 g/mol. The lowest BCUT2D eigenvalue weighted by molar-refractivity contribution is -0.134. The molecule has 0 radical (unpaired) electrons. The lowest BCUT2D eigenvalue weighted by Crippen LogP contribution is -1.91. The fourth-order valence-corrected chi connectivity index (χ4v) is 0.491. The Hall–Kier alpha value is -1.58. The Morgan fingerprint density at radius 1 is 1.21 bits per heavy atom. The van der Waals surface area contributed by atoms with Crippen molar-refractivity contribution in [3.8, 4) is 0 Å². The molecule has 0 amide bonds. The highest BCUT2D eigenvalue weighted by Gasteiger charge is 1.88. The van der Waals surface area contributed by atoms with Crippen LogP contribution in [-0.2, 0) is 9.59 Å². The van der Waals surface area contributed by atoms with Crippen LogP contribution in [0.15, 0.2) is 24.8 Å². The van der Waals surface area contributed by atoms with Crippen LogP contribution in [0, 0.1) is 0 Å². The molecule has 4 heteroatoms. The molecular formula is C10H16O4. The van der Waals surface area contributed by atoms with Crippen LogP contribution in [0.4, 0.5) is 0 Å². The molecular weight excluding hydrogens is 184 g/mol. The first-order valence-electron chi connectivity index (χ1n) is 4.29. The first-order chi connectivity index (χ1) is 6.54. The predicted octanol–water partition coefficient (Wildman–Crippen LogP) is 2.07. The van der Waals surface area contributed by atoms with Crippen LogP contribution >= 0.6 is 0 Å². The summed E-state index contributed by atoms with van der Waals surface area (Å²) in [6, 6.07) is 0. The number of rotatable bonds is 5. The number of unbranched alkanes of at least 4 members (excludes halogenated alkanes) is 2. The molecule has 0 heterocycles. The van der Waals surface area contributed by atoms with Crippen LogP contribution in [0.1, 0.15) is 26.2 Å². The quantitative estimate of drug-likeness (QED) is 0.404. The van der Waals surface area contributed by atoms with E-state index >= 15 is 0 Å². The smallest absolute Gasteiger partial charge is 0.328 e. The number of carboxylic acids is 2. The van der Waals surface area contributed by atoms with E-state index in [4.69, 9.17) is 10.2 Å². The standard InChI is InChI=1S/C6H12.C4H4O4/c1-3-5-6-4-2;5-3(6)1-2-4(7)8/h3H,1,4-6H2,2H3;1-2H,(H,5,6)(H,7,8). The summed E-state index contributed by atoms with van der Waals surface area (Å²) in [6.45, 7) is 5.78. The Labute approximate surface area is 83.6 Å². The summed E-state index contributed by atoms with van der Waals surface area (Å²) in [5.41, 5.74) is 0. The Kier molecular flexibility index (Phi) is 12.2. The van der Waals surface area contributed by atoms with Crippen molar-refractivity contribution in [1.29, 1.82) is 0 Å². The van der Waals surface area contributed by atoms with Crippen molar-refractivity contribution in [2.45, 2.75) is 26.2 Å². The third-order valence-electron chi connectivity index (χ3n) is 1.13. The van der Waals surface area contributed by atoms with Gasteiger partial charge in [-0.15, -0.1) is 6.58 Å². The SMILES string of the molecule is C=CCCCC.O=C(O)C=CC(=O)O. The van der Waals surface area contributed by atoms with Crippen LogP contribution in [0.5, 0.6) is 0 Å². The second kappa shape index (κ2) is 11.4. The average Bonchev–Trinajstić information content (AvgIpc) is 2.12. The van der Waals surface area contributed by atoms with Crippen LogP contribution in [0.2, 0.25) is 0 Å². The van der Waals surface area contributed by atoms with Crippen molar-refractivity contribution in [2.24, 2.45) is 0 Å². The zero-order chi connectivity index (χ0) is 11.4. The topological polar surface area (TPSA) is 74.6 Å². The molecule has 0 aromatic rings. The summed E-state index contributed by atoms with van der Waals surface area (Å²) in [5, 5.41) is 15.6. The lowest BCUT2D eigenvalue weighted by Gasteiger charge is -1.81. The molecule has 0 rings (SSSR count). The fraction of sp³-hybridized carbons (Fsp3) is 0.400. The van der Waals surface area contributed by atoms with E-state index in [1.54, 1.807) is 0 Å². The summed E-state index contributed by atoms with van der Waals surface area (Å²) in [6.07, 6.45) is 6.83. The zero-order valence-electron chi connectivity index (χ0n) is 8.27. The van der Waals surface area contributed by atoms with Gasteiger partial charge in [0.05, 0.1) is 0 Å². The molecule has 0 aliphatic rings. The Bertz CT molecular complexity index is 190. The van der Waals surface area contributed by atoms with E-state index in [0.29, 0.717) is 12.2 Å². The van der Waals surface area contributed by atoms with Gasteiger partial charge in [-0.3, -0.25) is 0 Å². The molecule has 4 nitrogen and oxygen atoms in total. The minimum Gasteiger partial charge on any atom is -0.478 e. The van der Waals surface area contributed by atoms with Crippen molar-refractivity contribution in [2.75, 3.05) is 0 Å². The van der Waals surface area contributed by atoms with Gasteiger partial charge in [0.15, 0.2) is 0 Å². The largest absolute Gasteiger partial charge is 0.478 e. The van der Waals surface area contributed by atoms with Gasteiger partial charge in [0, 0.05) is 12.2 Å². The number of hydrogen-bond donors (Lipinski definition) is 2. The maximum absolute atomic E-state index is 9.55. The van der Waals surface area contributed by atoms with E-state index in [1.807, 2.05) is 6.08 Å². The molecule has 0 aliphatic heterocycles. The molecule has 0 saturated heterocycles. The van der Waals surface area contributed by atoms with Gasteiger partial charge in [-0.05, 0) is 6.42 Å². The van der Waals surface area contributed by atoms with Crippen LogP contribution < -0.4 is 0 Å². The second-order valence-electron chi connectivity index (χ2n) is 2.44. The highest BCUT2D eigenvalue weighted by atomic mass is 16.4. The molecule has 0 unspecified atom stereocenters. The highest BCUT2D eigenvalue weighted by Crippen LogP contribution is 1.91. The molecule has 0 aromatic heterocycles. The summed E-state index contributed by atoms with van der Waals surface area (Å²) in [4.78, 5) is 19.1. The van der Waals surface area contributed by atoms with Gasteiger partial charge in [0.1, 0.15) is 0 Å².